The van der Waals surface area contributed by atoms with Crippen LogP contribution in [-0.2, 0) is 17.8 Å². The molecule has 4 nitrogen and oxygen atoms in total. The molecule has 0 bridgehead atoms. The highest BCUT2D eigenvalue weighted by molar-refractivity contribution is 6.07. The van der Waals surface area contributed by atoms with E-state index in [1.165, 1.54) is 19.1 Å². The van der Waals surface area contributed by atoms with Gasteiger partial charge in [0.05, 0.1) is 11.9 Å². The molecule has 146 valence electrons. The van der Waals surface area contributed by atoms with Crippen molar-refractivity contribution in [1.82, 2.24) is 4.57 Å². The number of hydrogen-bond donors (Lipinski definition) is 1. The van der Waals surface area contributed by atoms with E-state index in [4.69, 9.17) is 0 Å². The molecule has 2 aromatic rings. The predicted molar refractivity (Wildman–Crippen MR) is 108 cm³/mol. The molecule has 28 heavy (non-hydrogen) atoms. The minimum absolute atomic E-state index is 0.00922. The van der Waals surface area contributed by atoms with Crippen LogP contribution in [0.4, 0.5) is 4.39 Å². The Hall–Kier alpha value is -2.95. The third-order valence-electron chi connectivity index (χ3n) is 5.16. The largest absolute Gasteiger partial charge is 0.481 e. The van der Waals surface area contributed by atoms with Crippen LogP contribution in [0.3, 0.4) is 0 Å². The number of allylic oxidation sites excluding steroid dienone is 4. The van der Waals surface area contributed by atoms with E-state index in [0.29, 0.717) is 35.9 Å². The number of hydrogen-bond acceptors (Lipinski definition) is 2. The fourth-order valence-corrected chi connectivity index (χ4v) is 4.08. The number of aryl methyl sites for hydroxylation is 1. The highest BCUT2D eigenvalue weighted by Crippen LogP contribution is 2.43. The topological polar surface area (TPSA) is 59.3 Å². The van der Waals surface area contributed by atoms with Crippen molar-refractivity contribution in [3.8, 4) is 0 Å². The second-order valence-corrected chi connectivity index (χ2v) is 7.53. The Kier molecular flexibility index (Phi) is 5.36. The van der Waals surface area contributed by atoms with E-state index in [1.807, 2.05) is 23.6 Å². The molecule has 0 saturated carbocycles. The van der Waals surface area contributed by atoms with Crippen molar-refractivity contribution in [2.45, 2.75) is 45.6 Å². The lowest BCUT2D eigenvalue weighted by Gasteiger charge is -2.17. The number of nitrogens with zero attached hydrogens (tertiary/aromatic N) is 1. The van der Waals surface area contributed by atoms with Gasteiger partial charge in [0.25, 0.3) is 0 Å². The van der Waals surface area contributed by atoms with Gasteiger partial charge in [-0.1, -0.05) is 30.9 Å². The van der Waals surface area contributed by atoms with Gasteiger partial charge in [-0.2, -0.15) is 0 Å². The molecule has 1 heterocycles. The van der Waals surface area contributed by atoms with Gasteiger partial charge in [0.1, 0.15) is 5.82 Å². The first-order chi connectivity index (χ1) is 13.2. The number of carboxylic acids is 1. The quantitative estimate of drug-likeness (QED) is 0.531. The molecule has 5 heteroatoms. The maximum Gasteiger partial charge on any atom is 0.304 e. The number of carboxylic acid groups (broad SMARTS) is 1. The molecule has 0 aliphatic heterocycles. The molecule has 0 unspecified atom stereocenters. The molecule has 0 radical (unpaired) electrons. The number of carbonyl (C=O) groups is 2. The fraction of sp³-hybridized carbons (Fsp3) is 0.304. The van der Waals surface area contributed by atoms with Crippen molar-refractivity contribution < 1.29 is 19.1 Å². The molecular weight excluding hydrogens is 357 g/mol. The van der Waals surface area contributed by atoms with E-state index in [9.17, 15) is 19.1 Å². The Morgan fingerprint density at radius 2 is 2.00 bits per heavy atom. The molecule has 0 fully saturated rings. The van der Waals surface area contributed by atoms with Crippen molar-refractivity contribution in [2.24, 2.45) is 0 Å². The second-order valence-electron chi connectivity index (χ2n) is 7.53. The van der Waals surface area contributed by atoms with Gasteiger partial charge in [-0.05, 0) is 50.0 Å². The third-order valence-corrected chi connectivity index (χ3v) is 5.16. The highest BCUT2D eigenvalue weighted by atomic mass is 19.1. The van der Waals surface area contributed by atoms with Gasteiger partial charge < -0.3 is 9.67 Å². The molecule has 1 aliphatic carbocycles. The lowest BCUT2D eigenvalue weighted by Crippen LogP contribution is -2.12. The van der Waals surface area contributed by atoms with Gasteiger partial charge in [0, 0.05) is 29.1 Å². The average Bonchev–Trinajstić information content (AvgIpc) is 3.12. The van der Waals surface area contributed by atoms with E-state index < -0.39 is 11.8 Å². The van der Waals surface area contributed by atoms with E-state index in [2.05, 4.69) is 13.2 Å². The fourth-order valence-electron chi connectivity index (χ4n) is 4.08. The Morgan fingerprint density at radius 1 is 1.29 bits per heavy atom. The summed E-state index contributed by atoms with van der Waals surface area (Å²) in [7, 11) is 0. The molecule has 0 amide bonds. The standard InChI is InChI=1S/C23H24FNO3/c1-13(2)5-6-14(3)12-25-22-16(9-21(27)28)7-8-18(22)20-11-17(24)10-19(15(4)26)23(20)25/h5-6,10-11,16H,1,3,7-9,12H2,2,4H3,(H,27,28)/b6-5-/t16-/m1/s1. The molecule has 0 saturated heterocycles. The number of ketones is 1. The first-order valence-electron chi connectivity index (χ1n) is 9.27. The lowest BCUT2D eigenvalue weighted by atomic mass is 10.0. The lowest BCUT2D eigenvalue weighted by molar-refractivity contribution is -0.137. The molecular formula is C23H24FNO3. The van der Waals surface area contributed by atoms with E-state index >= 15 is 0 Å². The summed E-state index contributed by atoms with van der Waals surface area (Å²) in [6, 6.07) is 2.71. The molecule has 1 aromatic carbocycles. The van der Waals surface area contributed by atoms with Gasteiger partial charge in [-0.15, -0.1) is 0 Å². The van der Waals surface area contributed by atoms with E-state index in [1.54, 1.807) is 0 Å². The zero-order valence-corrected chi connectivity index (χ0v) is 16.2. The van der Waals surface area contributed by atoms with E-state index in [-0.39, 0.29) is 18.1 Å². The second kappa shape index (κ2) is 7.58. The van der Waals surface area contributed by atoms with Crippen LogP contribution in [-0.4, -0.2) is 21.4 Å². The summed E-state index contributed by atoms with van der Waals surface area (Å²) in [5, 5.41) is 10.0. The number of aromatic nitrogens is 1. The minimum Gasteiger partial charge on any atom is -0.481 e. The number of Topliss-reactive ketones (excluding diaryl/α,β-unsaturated/α-hetero) is 1. The summed E-state index contributed by atoms with van der Waals surface area (Å²) < 4.78 is 16.2. The van der Waals surface area contributed by atoms with Crippen LogP contribution in [0.25, 0.3) is 10.9 Å². The number of aliphatic carboxylic acids is 1. The van der Waals surface area contributed by atoms with Gasteiger partial charge in [-0.3, -0.25) is 9.59 Å². The van der Waals surface area contributed by atoms with Crippen LogP contribution in [0.1, 0.15) is 54.2 Å². The smallest absolute Gasteiger partial charge is 0.304 e. The Balaban J connectivity index is 2.23. The maximum atomic E-state index is 14.2. The summed E-state index contributed by atoms with van der Waals surface area (Å²) in [5.74, 6) is -1.71. The number of benzene rings is 1. The highest BCUT2D eigenvalue weighted by Gasteiger charge is 2.32. The van der Waals surface area contributed by atoms with Crippen LogP contribution in [0.5, 0.6) is 0 Å². The van der Waals surface area contributed by atoms with Crippen molar-refractivity contribution in [1.29, 1.82) is 0 Å². The summed E-state index contributed by atoms with van der Waals surface area (Å²) in [4.78, 5) is 23.6. The molecule has 1 N–H and O–H groups in total. The predicted octanol–water partition coefficient (Wildman–Crippen LogP) is 5.18. The Labute approximate surface area is 163 Å². The van der Waals surface area contributed by atoms with Crippen LogP contribution < -0.4 is 0 Å². The molecule has 1 aliphatic rings. The number of rotatable bonds is 7. The zero-order valence-electron chi connectivity index (χ0n) is 16.2. The molecule has 3 rings (SSSR count). The first kappa shape index (κ1) is 19.8. The zero-order chi connectivity index (χ0) is 20.6. The van der Waals surface area contributed by atoms with Gasteiger partial charge in [0.2, 0.25) is 0 Å². The monoisotopic (exact) mass is 381 g/mol. The molecule has 0 spiro atoms. The summed E-state index contributed by atoms with van der Waals surface area (Å²) in [6.45, 7) is 11.6. The minimum atomic E-state index is -0.867. The number of carbonyl (C=O) groups excluding carboxylic acids is 1. The number of fused-ring (bicyclic) bond motifs is 3. The van der Waals surface area contributed by atoms with Gasteiger partial charge >= 0.3 is 5.97 Å². The molecule has 1 atom stereocenters. The summed E-state index contributed by atoms with van der Waals surface area (Å²) in [6.07, 6.45) is 5.10. The third kappa shape index (κ3) is 3.70. The normalized spacial score (nSPS) is 15.9. The maximum absolute atomic E-state index is 14.2. The summed E-state index contributed by atoms with van der Waals surface area (Å²) >= 11 is 0. The van der Waals surface area contributed by atoms with Crippen LogP contribution in [0.2, 0.25) is 0 Å². The molecule has 1 aromatic heterocycles. The van der Waals surface area contributed by atoms with Crippen LogP contribution in [0, 0.1) is 5.82 Å². The van der Waals surface area contributed by atoms with Crippen LogP contribution >= 0.6 is 0 Å². The Bertz CT molecular complexity index is 1040. The van der Waals surface area contributed by atoms with Crippen LogP contribution in [0.15, 0.2) is 48.6 Å². The van der Waals surface area contributed by atoms with Crippen molar-refractivity contribution in [3.05, 3.63) is 71.2 Å². The summed E-state index contributed by atoms with van der Waals surface area (Å²) in [5.41, 5.74) is 4.49. The first-order valence-corrected chi connectivity index (χ1v) is 9.27. The van der Waals surface area contributed by atoms with Crippen molar-refractivity contribution >= 4 is 22.7 Å². The van der Waals surface area contributed by atoms with Crippen molar-refractivity contribution in [3.63, 3.8) is 0 Å². The Morgan fingerprint density at radius 3 is 2.61 bits per heavy atom. The number of halogens is 1. The van der Waals surface area contributed by atoms with Gasteiger partial charge in [0.15, 0.2) is 5.78 Å². The van der Waals surface area contributed by atoms with Gasteiger partial charge in [-0.25, -0.2) is 4.39 Å². The SMILES string of the molecule is C=C(C)/C=C\C(=C)Cn1c2c(c3cc(F)cc(C(C)=O)c31)CC[C@@H]2CC(=O)O. The average molecular weight is 381 g/mol. The van der Waals surface area contributed by atoms with E-state index in [0.717, 1.165) is 22.4 Å². The van der Waals surface area contributed by atoms with Crippen molar-refractivity contribution in [2.75, 3.05) is 0 Å².